The first-order chi connectivity index (χ1) is 6.36. The van der Waals surface area contributed by atoms with Crippen molar-refractivity contribution in [1.29, 1.82) is 0 Å². The van der Waals surface area contributed by atoms with E-state index >= 15 is 0 Å². The standard InChI is InChI=1S/C8H11N3OS/c13-8-5-7(9-6-10-8)11-1-3-12-4-2-11/h5-6H,1-4H2,(H,9,10,13). The van der Waals surface area contributed by atoms with Crippen LogP contribution in [0.15, 0.2) is 12.4 Å². The molecule has 0 atom stereocenters. The molecular formula is C8H11N3OS. The molecule has 0 aliphatic carbocycles. The third-order valence-electron chi connectivity index (χ3n) is 2.02. The summed E-state index contributed by atoms with van der Waals surface area (Å²) in [6.07, 6.45) is 1.63. The van der Waals surface area contributed by atoms with Gasteiger partial charge in [0.1, 0.15) is 10.5 Å². The topological polar surface area (TPSA) is 41.1 Å². The van der Waals surface area contributed by atoms with Gasteiger partial charge in [0, 0.05) is 19.2 Å². The highest BCUT2D eigenvalue weighted by Gasteiger charge is 2.10. The molecule has 1 N–H and O–H groups in total. The molecule has 0 aromatic carbocycles. The lowest BCUT2D eigenvalue weighted by molar-refractivity contribution is 0.122. The van der Waals surface area contributed by atoms with Crippen LogP contribution >= 0.6 is 12.2 Å². The fourth-order valence-electron chi connectivity index (χ4n) is 1.34. The van der Waals surface area contributed by atoms with Crippen LogP contribution in [0, 0.1) is 4.64 Å². The predicted octanol–water partition coefficient (Wildman–Crippen LogP) is 0.976. The molecule has 70 valence electrons. The number of nitrogens with one attached hydrogen (secondary N) is 1. The van der Waals surface area contributed by atoms with Crippen molar-refractivity contribution < 1.29 is 4.74 Å². The zero-order chi connectivity index (χ0) is 9.10. The van der Waals surface area contributed by atoms with Crippen molar-refractivity contribution in [3.8, 4) is 0 Å². The largest absolute Gasteiger partial charge is 0.378 e. The van der Waals surface area contributed by atoms with E-state index in [-0.39, 0.29) is 0 Å². The van der Waals surface area contributed by atoms with Crippen molar-refractivity contribution in [3.63, 3.8) is 0 Å². The first-order valence-corrected chi connectivity index (χ1v) is 4.64. The van der Waals surface area contributed by atoms with Crippen molar-refractivity contribution in [3.05, 3.63) is 17.0 Å². The number of anilines is 1. The van der Waals surface area contributed by atoms with Gasteiger partial charge in [-0.15, -0.1) is 0 Å². The van der Waals surface area contributed by atoms with Gasteiger partial charge in [-0.2, -0.15) is 0 Å². The van der Waals surface area contributed by atoms with Crippen molar-refractivity contribution in [1.82, 2.24) is 9.97 Å². The molecule has 5 heteroatoms. The second-order valence-electron chi connectivity index (χ2n) is 2.87. The van der Waals surface area contributed by atoms with Crippen LogP contribution in [0.25, 0.3) is 0 Å². The van der Waals surface area contributed by atoms with E-state index in [1.54, 1.807) is 6.33 Å². The number of morpholine rings is 1. The van der Waals surface area contributed by atoms with Crippen LogP contribution < -0.4 is 4.90 Å². The molecule has 0 spiro atoms. The highest BCUT2D eigenvalue weighted by Crippen LogP contribution is 2.10. The van der Waals surface area contributed by atoms with Crippen LogP contribution in [0.5, 0.6) is 0 Å². The van der Waals surface area contributed by atoms with Gasteiger partial charge in [0.2, 0.25) is 0 Å². The van der Waals surface area contributed by atoms with Gasteiger partial charge in [0.15, 0.2) is 0 Å². The molecule has 1 saturated heterocycles. The minimum atomic E-state index is 0.625. The van der Waals surface area contributed by atoms with Gasteiger partial charge in [-0.1, -0.05) is 12.2 Å². The second kappa shape index (κ2) is 3.85. The molecule has 0 unspecified atom stereocenters. The molecule has 2 heterocycles. The number of rotatable bonds is 1. The van der Waals surface area contributed by atoms with Gasteiger partial charge in [0.05, 0.1) is 19.5 Å². The Kier molecular flexibility index (Phi) is 2.56. The molecule has 1 aliphatic heterocycles. The third kappa shape index (κ3) is 2.05. The number of aromatic nitrogens is 2. The van der Waals surface area contributed by atoms with E-state index in [9.17, 15) is 0 Å². The molecule has 13 heavy (non-hydrogen) atoms. The average Bonchev–Trinajstić information content (AvgIpc) is 2.19. The van der Waals surface area contributed by atoms with Crippen molar-refractivity contribution >= 4 is 18.0 Å². The van der Waals surface area contributed by atoms with E-state index in [0.29, 0.717) is 4.64 Å². The van der Waals surface area contributed by atoms with E-state index in [1.807, 2.05) is 6.07 Å². The maximum atomic E-state index is 5.25. The third-order valence-corrected chi connectivity index (χ3v) is 2.24. The Hall–Kier alpha value is -0.940. The first-order valence-electron chi connectivity index (χ1n) is 4.24. The highest BCUT2D eigenvalue weighted by molar-refractivity contribution is 7.71. The molecular weight excluding hydrogens is 186 g/mol. The summed E-state index contributed by atoms with van der Waals surface area (Å²) in [5, 5.41) is 0. The Morgan fingerprint density at radius 1 is 1.46 bits per heavy atom. The molecule has 1 aliphatic rings. The van der Waals surface area contributed by atoms with E-state index in [1.165, 1.54) is 0 Å². The Morgan fingerprint density at radius 2 is 2.23 bits per heavy atom. The van der Waals surface area contributed by atoms with Crippen LogP contribution in [-0.4, -0.2) is 36.3 Å². The number of aromatic amines is 1. The Morgan fingerprint density at radius 3 is 2.92 bits per heavy atom. The maximum absolute atomic E-state index is 5.25. The van der Waals surface area contributed by atoms with Crippen molar-refractivity contribution in [2.24, 2.45) is 0 Å². The Bertz CT molecular complexity index is 332. The molecule has 0 saturated carbocycles. The minimum Gasteiger partial charge on any atom is -0.378 e. The number of ether oxygens (including phenoxy) is 1. The monoisotopic (exact) mass is 197 g/mol. The number of hydrogen-bond acceptors (Lipinski definition) is 4. The fourth-order valence-corrected chi connectivity index (χ4v) is 1.51. The van der Waals surface area contributed by atoms with Gasteiger partial charge in [-0.05, 0) is 0 Å². The number of nitrogens with zero attached hydrogens (tertiary/aromatic N) is 2. The summed E-state index contributed by atoms with van der Waals surface area (Å²) in [4.78, 5) is 9.22. The molecule has 0 bridgehead atoms. The smallest absolute Gasteiger partial charge is 0.131 e. The summed E-state index contributed by atoms with van der Waals surface area (Å²) in [5.74, 6) is 1.03. The quantitative estimate of drug-likeness (QED) is 0.681. The zero-order valence-electron chi connectivity index (χ0n) is 7.19. The average molecular weight is 197 g/mol. The van der Waals surface area contributed by atoms with Crippen LogP contribution in [0.4, 0.5) is 5.82 Å². The van der Waals surface area contributed by atoms with E-state index in [2.05, 4.69) is 14.9 Å². The van der Waals surface area contributed by atoms with Gasteiger partial charge < -0.3 is 14.6 Å². The van der Waals surface area contributed by atoms with Gasteiger partial charge in [-0.3, -0.25) is 0 Å². The lowest BCUT2D eigenvalue weighted by atomic mass is 10.4. The number of hydrogen-bond donors (Lipinski definition) is 1. The molecule has 0 amide bonds. The minimum absolute atomic E-state index is 0.625. The second-order valence-corrected chi connectivity index (χ2v) is 3.29. The SMILES string of the molecule is S=c1cc(N2CCOCC2)[nH]cn1. The summed E-state index contributed by atoms with van der Waals surface area (Å²) in [6, 6.07) is 1.88. The maximum Gasteiger partial charge on any atom is 0.131 e. The summed E-state index contributed by atoms with van der Waals surface area (Å²) in [7, 11) is 0. The van der Waals surface area contributed by atoms with Crippen LogP contribution in [0.3, 0.4) is 0 Å². The summed E-state index contributed by atoms with van der Waals surface area (Å²) in [6.45, 7) is 3.39. The van der Waals surface area contributed by atoms with Crippen molar-refractivity contribution in [2.75, 3.05) is 31.2 Å². The lowest BCUT2D eigenvalue weighted by Crippen LogP contribution is -2.36. The van der Waals surface area contributed by atoms with Crippen LogP contribution in [0.1, 0.15) is 0 Å². The predicted molar refractivity (Wildman–Crippen MR) is 52.5 cm³/mol. The number of H-pyrrole nitrogens is 1. The van der Waals surface area contributed by atoms with E-state index in [0.717, 1.165) is 32.1 Å². The van der Waals surface area contributed by atoms with Gasteiger partial charge >= 0.3 is 0 Å². The Balaban J connectivity index is 2.19. The molecule has 4 nitrogen and oxygen atoms in total. The summed E-state index contributed by atoms with van der Waals surface area (Å²) in [5.41, 5.74) is 0. The molecule has 1 fully saturated rings. The van der Waals surface area contributed by atoms with Crippen LogP contribution in [-0.2, 0) is 4.74 Å². The Labute approximate surface area is 81.6 Å². The summed E-state index contributed by atoms with van der Waals surface area (Å²) < 4.78 is 5.88. The van der Waals surface area contributed by atoms with Crippen molar-refractivity contribution in [2.45, 2.75) is 0 Å². The summed E-state index contributed by atoms with van der Waals surface area (Å²) >= 11 is 4.98. The normalized spacial score (nSPS) is 17.4. The van der Waals surface area contributed by atoms with Gasteiger partial charge in [-0.25, -0.2) is 4.98 Å². The fraction of sp³-hybridized carbons (Fsp3) is 0.500. The first kappa shape index (κ1) is 8.65. The molecule has 0 radical (unpaired) electrons. The zero-order valence-corrected chi connectivity index (χ0v) is 8.01. The highest BCUT2D eigenvalue weighted by atomic mass is 32.1. The molecule has 1 aromatic heterocycles. The van der Waals surface area contributed by atoms with Crippen LogP contribution in [0.2, 0.25) is 0 Å². The van der Waals surface area contributed by atoms with E-state index in [4.69, 9.17) is 17.0 Å². The van der Waals surface area contributed by atoms with Gasteiger partial charge in [0.25, 0.3) is 0 Å². The van der Waals surface area contributed by atoms with E-state index < -0.39 is 0 Å². The lowest BCUT2D eigenvalue weighted by Gasteiger charge is -2.27. The molecule has 1 aromatic rings. The molecule has 2 rings (SSSR count).